The summed E-state index contributed by atoms with van der Waals surface area (Å²) in [6.07, 6.45) is 0. The highest BCUT2D eigenvalue weighted by Gasteiger charge is 2.29. The number of non-ortho nitro benzene ring substituents is 1. The summed E-state index contributed by atoms with van der Waals surface area (Å²) in [5.74, 6) is -0.239. The molecule has 2 aromatic carbocycles. The molecule has 0 spiro atoms. The van der Waals surface area contributed by atoms with Crippen LogP contribution in [0.25, 0.3) is 0 Å². The van der Waals surface area contributed by atoms with Crippen molar-refractivity contribution in [1.82, 2.24) is 0 Å². The molecule has 2 aromatic rings. The summed E-state index contributed by atoms with van der Waals surface area (Å²) in [4.78, 5) is 28.9. The smallest absolute Gasteiger partial charge is 0.269 e. The molecule has 126 valence electrons. The van der Waals surface area contributed by atoms with Crippen molar-refractivity contribution in [2.45, 2.75) is 13.0 Å². The zero-order valence-corrected chi connectivity index (χ0v) is 13.7. The van der Waals surface area contributed by atoms with Gasteiger partial charge in [-0.05, 0) is 31.2 Å². The molecule has 8 heteroatoms. The van der Waals surface area contributed by atoms with E-state index in [4.69, 9.17) is 0 Å². The summed E-state index contributed by atoms with van der Waals surface area (Å²) in [5.41, 5.74) is 2.34. The highest BCUT2D eigenvalue weighted by molar-refractivity contribution is 6.16. The number of azo groups is 1. The summed E-state index contributed by atoms with van der Waals surface area (Å²) in [6.45, 7) is 1.73. The Morgan fingerprint density at radius 2 is 1.84 bits per heavy atom. The molecule has 0 saturated carbocycles. The van der Waals surface area contributed by atoms with Gasteiger partial charge in [0.2, 0.25) is 0 Å². The van der Waals surface area contributed by atoms with Crippen molar-refractivity contribution in [2.75, 3.05) is 11.9 Å². The number of nitrogens with zero attached hydrogens (tertiary/aromatic N) is 5. The average Bonchev–Trinajstić information content (AvgIpc) is 2.69. The van der Waals surface area contributed by atoms with Gasteiger partial charge in [0.15, 0.2) is 6.04 Å². The third-order valence-corrected chi connectivity index (χ3v) is 3.85. The van der Waals surface area contributed by atoms with E-state index in [1.54, 1.807) is 14.0 Å². The number of nitro groups is 1. The van der Waals surface area contributed by atoms with Crippen LogP contribution >= 0.6 is 0 Å². The summed E-state index contributed by atoms with van der Waals surface area (Å²) in [6, 6.07) is 12.1. The molecular formula is C17H15N5O3. The summed E-state index contributed by atoms with van der Waals surface area (Å²) < 4.78 is 0. The molecule has 0 aromatic heterocycles. The Bertz CT molecular complexity index is 889. The third-order valence-electron chi connectivity index (χ3n) is 3.85. The Labute approximate surface area is 143 Å². The number of rotatable bonds is 3. The van der Waals surface area contributed by atoms with Gasteiger partial charge in [-0.15, -0.1) is 0 Å². The van der Waals surface area contributed by atoms with Gasteiger partial charge in [-0.25, -0.2) is 0 Å². The summed E-state index contributed by atoms with van der Waals surface area (Å²) in [7, 11) is 1.67. The third kappa shape index (κ3) is 3.27. The Hall–Kier alpha value is -3.42. The molecule has 1 heterocycles. The van der Waals surface area contributed by atoms with Crippen LogP contribution in [0, 0.1) is 10.1 Å². The quantitative estimate of drug-likeness (QED) is 0.483. The molecule has 1 aliphatic rings. The molecule has 1 amide bonds. The van der Waals surface area contributed by atoms with Gasteiger partial charge in [-0.1, -0.05) is 12.1 Å². The van der Waals surface area contributed by atoms with Gasteiger partial charge in [0, 0.05) is 19.2 Å². The van der Waals surface area contributed by atoms with Gasteiger partial charge in [0.1, 0.15) is 0 Å². The van der Waals surface area contributed by atoms with E-state index in [9.17, 15) is 14.9 Å². The van der Waals surface area contributed by atoms with Gasteiger partial charge < -0.3 is 4.90 Å². The maximum Gasteiger partial charge on any atom is 0.269 e. The second-order valence-electron chi connectivity index (χ2n) is 5.53. The van der Waals surface area contributed by atoms with Gasteiger partial charge >= 0.3 is 0 Å². The van der Waals surface area contributed by atoms with Crippen molar-refractivity contribution in [3.8, 4) is 0 Å². The van der Waals surface area contributed by atoms with Gasteiger partial charge in [-0.3, -0.25) is 19.9 Å². The van der Waals surface area contributed by atoms with E-state index >= 15 is 0 Å². The first-order valence-corrected chi connectivity index (χ1v) is 7.54. The lowest BCUT2D eigenvalue weighted by molar-refractivity contribution is -0.384. The lowest BCUT2D eigenvalue weighted by atomic mass is 10.2. The fraction of sp³-hybridized carbons (Fsp3) is 0.176. The zero-order chi connectivity index (χ0) is 18.0. The van der Waals surface area contributed by atoms with Crippen LogP contribution in [-0.2, 0) is 4.79 Å². The second kappa shape index (κ2) is 6.60. The monoisotopic (exact) mass is 337 g/mol. The number of carbonyl (C=O) groups excluding carboxylic acids is 1. The number of fused-ring (bicyclic) bond motifs is 1. The number of para-hydroxylation sites is 2. The number of likely N-dealkylation sites (N-methyl/N-ethyl adjacent to an activating group) is 1. The predicted octanol–water partition coefficient (Wildman–Crippen LogP) is 3.82. The van der Waals surface area contributed by atoms with Crippen molar-refractivity contribution in [1.29, 1.82) is 0 Å². The molecule has 0 fully saturated rings. The van der Waals surface area contributed by atoms with Gasteiger partial charge in [0.25, 0.3) is 11.6 Å². The SMILES string of the molecule is CC1=Nc2ccccc2N(C)C(=O)C1N=Nc1ccc([N+](=O)[O-])cc1. The molecule has 0 saturated heterocycles. The molecule has 1 aliphatic heterocycles. The summed E-state index contributed by atoms with van der Waals surface area (Å²) in [5, 5.41) is 18.8. The van der Waals surface area contributed by atoms with Crippen molar-refractivity contribution in [3.63, 3.8) is 0 Å². The van der Waals surface area contributed by atoms with Crippen LogP contribution in [0.15, 0.2) is 63.8 Å². The van der Waals surface area contributed by atoms with Crippen molar-refractivity contribution in [2.24, 2.45) is 15.2 Å². The van der Waals surface area contributed by atoms with Gasteiger partial charge in [-0.2, -0.15) is 10.2 Å². The van der Waals surface area contributed by atoms with Crippen LogP contribution in [0.3, 0.4) is 0 Å². The Balaban J connectivity index is 1.89. The number of hydrogen-bond donors (Lipinski definition) is 0. The minimum absolute atomic E-state index is 0.0302. The molecule has 25 heavy (non-hydrogen) atoms. The van der Waals surface area contributed by atoms with Crippen molar-refractivity contribution < 1.29 is 9.72 Å². The van der Waals surface area contributed by atoms with Gasteiger partial charge in [0.05, 0.1) is 27.7 Å². The maximum absolute atomic E-state index is 12.7. The molecular weight excluding hydrogens is 322 g/mol. The standard InChI is InChI=1S/C17H15N5O3/c1-11-16(20-19-12-7-9-13(10-8-12)22(24)25)17(23)21(2)15-6-4-3-5-14(15)18-11/h3-10,16H,1-2H3. The first kappa shape index (κ1) is 16.4. The number of benzene rings is 2. The highest BCUT2D eigenvalue weighted by Crippen LogP contribution is 2.31. The van der Waals surface area contributed by atoms with Crippen LogP contribution in [0.5, 0.6) is 0 Å². The van der Waals surface area contributed by atoms with Crippen LogP contribution < -0.4 is 4.90 Å². The van der Waals surface area contributed by atoms with E-state index in [2.05, 4.69) is 15.2 Å². The van der Waals surface area contributed by atoms with Crippen LogP contribution in [0.1, 0.15) is 6.92 Å². The Kier molecular flexibility index (Phi) is 4.34. The second-order valence-corrected chi connectivity index (χ2v) is 5.53. The Morgan fingerprint density at radius 3 is 2.52 bits per heavy atom. The number of anilines is 1. The molecule has 0 radical (unpaired) electrons. The van der Waals surface area contributed by atoms with E-state index in [-0.39, 0.29) is 11.6 Å². The van der Waals surface area contributed by atoms with E-state index in [0.29, 0.717) is 22.8 Å². The fourth-order valence-corrected chi connectivity index (χ4v) is 2.47. The van der Waals surface area contributed by atoms with E-state index < -0.39 is 11.0 Å². The molecule has 0 bridgehead atoms. The first-order chi connectivity index (χ1) is 12.0. The van der Waals surface area contributed by atoms with Crippen LogP contribution in [-0.4, -0.2) is 29.6 Å². The number of hydrogen-bond acceptors (Lipinski definition) is 6. The molecule has 3 rings (SSSR count). The minimum Gasteiger partial charge on any atom is -0.311 e. The average molecular weight is 337 g/mol. The zero-order valence-electron chi connectivity index (χ0n) is 13.7. The van der Waals surface area contributed by atoms with Crippen LogP contribution in [0.4, 0.5) is 22.7 Å². The van der Waals surface area contributed by atoms with Crippen molar-refractivity contribution >= 4 is 34.4 Å². The Morgan fingerprint density at radius 1 is 1.16 bits per heavy atom. The lowest BCUT2D eigenvalue weighted by Gasteiger charge is -2.18. The highest BCUT2D eigenvalue weighted by atomic mass is 16.6. The number of aliphatic imine (C=N–C) groups is 1. The molecule has 0 N–H and O–H groups in total. The minimum atomic E-state index is -0.840. The van der Waals surface area contributed by atoms with Crippen molar-refractivity contribution in [3.05, 3.63) is 58.6 Å². The topological polar surface area (TPSA) is 101 Å². The fourth-order valence-electron chi connectivity index (χ4n) is 2.47. The first-order valence-electron chi connectivity index (χ1n) is 7.54. The largest absolute Gasteiger partial charge is 0.311 e. The maximum atomic E-state index is 12.7. The van der Waals surface area contributed by atoms with E-state index in [1.165, 1.54) is 29.2 Å². The number of nitro benzene ring substituents is 1. The molecule has 1 unspecified atom stereocenters. The summed E-state index contributed by atoms with van der Waals surface area (Å²) >= 11 is 0. The molecule has 1 atom stereocenters. The van der Waals surface area contributed by atoms with Crippen LogP contribution in [0.2, 0.25) is 0 Å². The molecule has 0 aliphatic carbocycles. The lowest BCUT2D eigenvalue weighted by Crippen LogP contribution is -2.37. The number of amides is 1. The number of carbonyl (C=O) groups is 1. The normalized spacial score (nSPS) is 17.2. The molecule has 8 nitrogen and oxygen atoms in total. The van der Waals surface area contributed by atoms with E-state index in [1.807, 2.05) is 24.3 Å². The van der Waals surface area contributed by atoms with E-state index in [0.717, 1.165) is 0 Å². The predicted molar refractivity (Wildman–Crippen MR) is 94.0 cm³/mol.